The molecule has 182 valence electrons. The van der Waals surface area contributed by atoms with Crippen LogP contribution < -0.4 is 21.1 Å². The van der Waals surface area contributed by atoms with Crippen molar-refractivity contribution in [2.45, 2.75) is 6.54 Å². The van der Waals surface area contributed by atoms with Crippen molar-refractivity contribution in [2.75, 3.05) is 57.6 Å². The van der Waals surface area contributed by atoms with E-state index in [0.717, 1.165) is 38.4 Å². The summed E-state index contributed by atoms with van der Waals surface area (Å²) in [5.74, 6) is 3.28. The SMILES string of the molecule is C#Cc1cccc(NC(=N)c2cc(-n3ccn(CCN4CCOCC4)c3=O)c(OC)cc2NC)c1. The fourth-order valence-electron chi connectivity index (χ4n) is 4.07. The molecule has 1 saturated heterocycles. The van der Waals surface area contributed by atoms with Gasteiger partial charge in [-0.05, 0) is 24.3 Å². The predicted octanol–water partition coefficient (Wildman–Crippen LogP) is 2.44. The lowest BCUT2D eigenvalue weighted by atomic mass is 10.1. The van der Waals surface area contributed by atoms with Gasteiger partial charge in [-0.2, -0.15) is 0 Å². The largest absolute Gasteiger partial charge is 0.494 e. The molecule has 0 atom stereocenters. The van der Waals surface area contributed by atoms with Crippen LogP contribution in [0.1, 0.15) is 11.1 Å². The van der Waals surface area contributed by atoms with Crippen molar-refractivity contribution in [3.05, 3.63) is 70.4 Å². The van der Waals surface area contributed by atoms with Crippen LogP contribution in [0, 0.1) is 17.8 Å². The molecule has 1 fully saturated rings. The number of terminal acetylenes is 1. The van der Waals surface area contributed by atoms with E-state index in [9.17, 15) is 4.79 Å². The Labute approximate surface area is 204 Å². The first kappa shape index (κ1) is 24.1. The molecule has 2 aromatic carbocycles. The molecule has 3 N–H and O–H groups in total. The molecule has 0 radical (unpaired) electrons. The van der Waals surface area contributed by atoms with Gasteiger partial charge in [0, 0.05) is 74.2 Å². The number of nitrogens with zero attached hydrogens (tertiary/aromatic N) is 3. The van der Waals surface area contributed by atoms with E-state index >= 15 is 0 Å². The molecule has 0 unspecified atom stereocenters. The Morgan fingerprint density at radius 3 is 2.71 bits per heavy atom. The van der Waals surface area contributed by atoms with Crippen LogP contribution in [0.15, 0.2) is 53.6 Å². The Balaban J connectivity index is 1.63. The second-order valence-electron chi connectivity index (χ2n) is 8.14. The fourth-order valence-corrected chi connectivity index (χ4v) is 4.07. The summed E-state index contributed by atoms with van der Waals surface area (Å²) in [6.07, 6.45) is 9.02. The van der Waals surface area contributed by atoms with E-state index in [2.05, 4.69) is 21.5 Å². The number of hydrogen-bond acceptors (Lipinski definition) is 6. The Morgan fingerprint density at radius 2 is 2.00 bits per heavy atom. The van der Waals surface area contributed by atoms with E-state index in [1.807, 2.05) is 18.2 Å². The smallest absolute Gasteiger partial charge is 0.332 e. The summed E-state index contributed by atoms with van der Waals surface area (Å²) in [4.78, 5) is 15.5. The van der Waals surface area contributed by atoms with E-state index in [-0.39, 0.29) is 11.5 Å². The highest BCUT2D eigenvalue weighted by atomic mass is 16.5. The molecule has 35 heavy (non-hydrogen) atoms. The summed E-state index contributed by atoms with van der Waals surface area (Å²) in [6, 6.07) is 10.9. The number of anilines is 2. The number of amidine groups is 1. The lowest BCUT2D eigenvalue weighted by molar-refractivity contribution is 0.0363. The molecule has 3 aromatic rings. The zero-order valence-electron chi connectivity index (χ0n) is 20.0. The van der Waals surface area contributed by atoms with Gasteiger partial charge in [-0.25, -0.2) is 4.79 Å². The van der Waals surface area contributed by atoms with Gasteiger partial charge in [-0.15, -0.1) is 6.42 Å². The van der Waals surface area contributed by atoms with Gasteiger partial charge in [-0.3, -0.25) is 19.4 Å². The van der Waals surface area contributed by atoms with Gasteiger partial charge < -0.3 is 20.1 Å². The monoisotopic (exact) mass is 474 g/mol. The van der Waals surface area contributed by atoms with Crippen LogP contribution >= 0.6 is 0 Å². The van der Waals surface area contributed by atoms with Gasteiger partial charge in [0.2, 0.25) is 0 Å². The summed E-state index contributed by atoms with van der Waals surface area (Å²) in [7, 11) is 3.34. The normalized spacial score (nSPS) is 13.7. The minimum Gasteiger partial charge on any atom is -0.494 e. The Hall–Kier alpha value is -4.00. The van der Waals surface area contributed by atoms with Crippen molar-refractivity contribution in [2.24, 2.45) is 0 Å². The average Bonchev–Trinajstić information content (AvgIpc) is 3.27. The zero-order valence-corrected chi connectivity index (χ0v) is 20.0. The van der Waals surface area contributed by atoms with E-state index in [4.69, 9.17) is 21.3 Å². The molecule has 1 aliphatic rings. The number of morpholine rings is 1. The van der Waals surface area contributed by atoms with Crippen LogP contribution in [0.5, 0.6) is 5.75 Å². The predicted molar refractivity (Wildman–Crippen MR) is 138 cm³/mol. The van der Waals surface area contributed by atoms with Crippen LogP contribution in [0.25, 0.3) is 5.69 Å². The summed E-state index contributed by atoms with van der Waals surface area (Å²) in [5.41, 5.74) is 3.09. The maximum Gasteiger partial charge on any atom is 0.332 e. The maximum absolute atomic E-state index is 13.2. The second-order valence-corrected chi connectivity index (χ2v) is 8.14. The summed E-state index contributed by atoms with van der Waals surface area (Å²) in [5, 5.41) is 14.9. The lowest BCUT2D eigenvalue weighted by Crippen LogP contribution is -2.39. The fraction of sp³-hybridized carbons (Fsp3) is 0.308. The van der Waals surface area contributed by atoms with E-state index in [1.54, 1.807) is 53.9 Å². The van der Waals surface area contributed by atoms with Gasteiger partial charge in [0.05, 0.1) is 26.0 Å². The zero-order chi connectivity index (χ0) is 24.8. The number of imidazole rings is 1. The molecule has 0 bridgehead atoms. The minimum atomic E-state index is -0.166. The molecule has 2 heterocycles. The van der Waals surface area contributed by atoms with Crippen molar-refractivity contribution in [1.82, 2.24) is 14.0 Å². The summed E-state index contributed by atoms with van der Waals surface area (Å²) < 4.78 is 14.2. The second kappa shape index (κ2) is 11.0. The van der Waals surface area contributed by atoms with Gasteiger partial charge >= 0.3 is 5.69 Å². The summed E-state index contributed by atoms with van der Waals surface area (Å²) >= 11 is 0. The Morgan fingerprint density at radius 1 is 1.20 bits per heavy atom. The number of aromatic nitrogens is 2. The molecule has 1 aromatic heterocycles. The number of nitrogens with one attached hydrogen (secondary N) is 3. The van der Waals surface area contributed by atoms with Crippen molar-refractivity contribution in [3.8, 4) is 23.8 Å². The van der Waals surface area contributed by atoms with Gasteiger partial charge in [-0.1, -0.05) is 12.0 Å². The van der Waals surface area contributed by atoms with Crippen LogP contribution in [-0.2, 0) is 11.3 Å². The number of methoxy groups -OCH3 is 1. The average molecular weight is 475 g/mol. The molecular weight excluding hydrogens is 444 g/mol. The molecule has 4 rings (SSSR count). The Kier molecular flexibility index (Phi) is 7.55. The number of hydrogen-bond donors (Lipinski definition) is 3. The van der Waals surface area contributed by atoms with Crippen LogP contribution in [-0.4, -0.2) is 66.9 Å². The Bertz CT molecular complexity index is 1300. The third-order valence-corrected chi connectivity index (χ3v) is 6.02. The molecule has 1 aliphatic heterocycles. The quantitative estimate of drug-likeness (QED) is 0.264. The molecule has 0 aliphatic carbocycles. The van der Waals surface area contributed by atoms with Crippen molar-refractivity contribution < 1.29 is 9.47 Å². The van der Waals surface area contributed by atoms with Crippen LogP contribution in [0.4, 0.5) is 11.4 Å². The standard InChI is InChI=1S/C26H30N6O3/c1-4-19-6-5-7-20(16-19)29-25(27)21-17-23(24(34-3)18-22(21)28-2)32-11-10-31(26(32)33)9-8-30-12-14-35-15-13-30/h1,5-7,10-11,16-18,28H,8-9,12-15H2,2-3H3,(H2,27,29). The number of ether oxygens (including phenoxy) is 2. The lowest BCUT2D eigenvalue weighted by Gasteiger charge is -2.26. The van der Waals surface area contributed by atoms with Crippen molar-refractivity contribution in [3.63, 3.8) is 0 Å². The van der Waals surface area contributed by atoms with E-state index in [1.165, 1.54) is 0 Å². The van der Waals surface area contributed by atoms with Gasteiger partial charge in [0.1, 0.15) is 11.6 Å². The molecule has 9 nitrogen and oxygen atoms in total. The number of rotatable bonds is 8. The van der Waals surface area contributed by atoms with Crippen molar-refractivity contribution in [1.29, 1.82) is 5.41 Å². The van der Waals surface area contributed by atoms with E-state index in [0.29, 0.717) is 34.9 Å². The summed E-state index contributed by atoms with van der Waals surface area (Å²) in [6.45, 7) is 4.55. The van der Waals surface area contributed by atoms with Crippen LogP contribution in [0.2, 0.25) is 0 Å². The number of benzene rings is 2. The first-order valence-electron chi connectivity index (χ1n) is 11.4. The van der Waals surface area contributed by atoms with E-state index < -0.39 is 0 Å². The van der Waals surface area contributed by atoms with Gasteiger partial charge in [0.25, 0.3) is 0 Å². The third kappa shape index (κ3) is 5.40. The third-order valence-electron chi connectivity index (χ3n) is 6.02. The first-order chi connectivity index (χ1) is 17.0. The van der Waals surface area contributed by atoms with Crippen LogP contribution in [0.3, 0.4) is 0 Å². The molecule has 0 saturated carbocycles. The van der Waals surface area contributed by atoms with Crippen molar-refractivity contribution >= 4 is 17.2 Å². The molecule has 0 spiro atoms. The maximum atomic E-state index is 13.2. The molecule has 9 heteroatoms. The minimum absolute atomic E-state index is 0.159. The highest BCUT2D eigenvalue weighted by Crippen LogP contribution is 2.30. The highest BCUT2D eigenvalue weighted by Gasteiger charge is 2.18. The molecule has 0 amide bonds. The highest BCUT2D eigenvalue weighted by molar-refractivity contribution is 6.10. The molecular formula is C26H30N6O3. The first-order valence-corrected chi connectivity index (χ1v) is 11.4. The van der Waals surface area contributed by atoms with Gasteiger partial charge in [0.15, 0.2) is 0 Å². The topological polar surface area (TPSA) is 96.5 Å².